The zero-order valence-electron chi connectivity index (χ0n) is 17.1. The van der Waals surface area contributed by atoms with E-state index >= 15 is 0 Å². The van der Waals surface area contributed by atoms with E-state index in [0.29, 0.717) is 23.7 Å². The molecule has 2 aliphatic rings. The van der Waals surface area contributed by atoms with Crippen molar-refractivity contribution in [3.8, 4) is 5.75 Å². The quantitative estimate of drug-likeness (QED) is 0.370. The number of ether oxygens (including phenoxy) is 2. The van der Waals surface area contributed by atoms with E-state index in [2.05, 4.69) is 5.32 Å². The van der Waals surface area contributed by atoms with Gasteiger partial charge in [0.25, 0.3) is 0 Å². The van der Waals surface area contributed by atoms with Crippen LogP contribution in [0.4, 0.5) is 5.69 Å². The van der Waals surface area contributed by atoms with Crippen LogP contribution in [0, 0.1) is 0 Å². The summed E-state index contributed by atoms with van der Waals surface area (Å²) >= 11 is 6.44. The van der Waals surface area contributed by atoms with Gasteiger partial charge in [0, 0.05) is 11.6 Å². The van der Waals surface area contributed by atoms with Crippen LogP contribution in [-0.2, 0) is 11.2 Å². The van der Waals surface area contributed by atoms with Crippen LogP contribution in [0.25, 0.3) is 0 Å². The molecule has 10 heteroatoms. The fourth-order valence-corrected chi connectivity index (χ4v) is 4.43. The van der Waals surface area contributed by atoms with Crippen LogP contribution in [0.15, 0.2) is 30.3 Å². The maximum Gasteiger partial charge on any atom is 0.249 e. The molecule has 0 aromatic heterocycles. The second kappa shape index (κ2) is 9.22. The van der Waals surface area contributed by atoms with Crippen LogP contribution in [0.1, 0.15) is 33.2 Å². The van der Waals surface area contributed by atoms with Crippen LogP contribution >= 0.6 is 11.6 Å². The Kier molecular flexibility index (Phi) is 6.57. The van der Waals surface area contributed by atoms with Crippen molar-refractivity contribution >= 4 is 23.2 Å². The standard InChI is InChI=1S/C22H25ClN2O7/c23-13-3-2-11(21-20(29)19(28)18(27)16(9-26)32-21)17(22(24)30)12(13)7-10-1-4-15-14(8-10)25-5-6-31-15/h1-4,8,16,18-21,25-29H,5-7,9H2,(H2,24,30)/t16-,18-,19+,20-,21+/m1/s1. The fraction of sp³-hybridized carbons (Fsp3) is 0.409. The lowest BCUT2D eigenvalue weighted by molar-refractivity contribution is -0.231. The van der Waals surface area contributed by atoms with Gasteiger partial charge in [-0.1, -0.05) is 23.7 Å². The molecule has 0 bridgehead atoms. The minimum Gasteiger partial charge on any atom is -0.490 e. The van der Waals surface area contributed by atoms with Crippen LogP contribution in [0.3, 0.4) is 0 Å². The molecule has 0 saturated carbocycles. The Morgan fingerprint density at radius 3 is 2.66 bits per heavy atom. The Hall–Kier alpha value is -2.40. The van der Waals surface area contributed by atoms with Crippen LogP contribution < -0.4 is 15.8 Å². The molecule has 0 spiro atoms. The van der Waals surface area contributed by atoms with E-state index in [0.717, 1.165) is 17.0 Å². The summed E-state index contributed by atoms with van der Waals surface area (Å²) in [7, 11) is 0. The summed E-state index contributed by atoms with van der Waals surface area (Å²) in [6.07, 6.45) is -6.72. The van der Waals surface area contributed by atoms with E-state index in [4.69, 9.17) is 26.8 Å². The summed E-state index contributed by atoms with van der Waals surface area (Å²) in [6, 6.07) is 8.63. The number of benzene rings is 2. The average molecular weight is 465 g/mol. The Labute approximate surface area is 189 Å². The molecule has 32 heavy (non-hydrogen) atoms. The third kappa shape index (κ3) is 4.15. The number of carbonyl (C=O) groups excluding carboxylic acids is 1. The van der Waals surface area contributed by atoms with Gasteiger partial charge in [-0.3, -0.25) is 4.79 Å². The SMILES string of the molecule is NC(=O)c1c([C@@H]2O[C@H](CO)[C@@H](O)[C@H](O)[C@H]2O)ccc(Cl)c1Cc1ccc2c(c1)NCCO2. The predicted molar refractivity (Wildman–Crippen MR) is 116 cm³/mol. The van der Waals surface area contributed by atoms with E-state index in [1.807, 2.05) is 18.2 Å². The van der Waals surface area contributed by atoms with Crippen molar-refractivity contribution in [1.82, 2.24) is 0 Å². The van der Waals surface area contributed by atoms with Gasteiger partial charge in [-0.15, -0.1) is 0 Å². The number of hydrogen-bond donors (Lipinski definition) is 6. The smallest absolute Gasteiger partial charge is 0.249 e. The highest BCUT2D eigenvalue weighted by Gasteiger charge is 2.45. The molecule has 2 aromatic rings. The number of carbonyl (C=O) groups is 1. The first kappa shape index (κ1) is 22.8. The van der Waals surface area contributed by atoms with E-state index in [-0.39, 0.29) is 17.5 Å². The molecular formula is C22H25ClN2O7. The van der Waals surface area contributed by atoms with Crippen LogP contribution in [-0.4, -0.2) is 70.5 Å². The van der Waals surface area contributed by atoms with Crippen LogP contribution in [0.5, 0.6) is 5.75 Å². The van der Waals surface area contributed by atoms with E-state index < -0.39 is 43.0 Å². The minimum atomic E-state index is -1.59. The molecule has 2 heterocycles. The largest absolute Gasteiger partial charge is 0.490 e. The number of aliphatic hydroxyl groups is 4. The second-order valence-corrected chi connectivity index (χ2v) is 8.29. The summed E-state index contributed by atoms with van der Waals surface area (Å²) in [5.74, 6) is -0.0508. The zero-order valence-corrected chi connectivity index (χ0v) is 17.8. The number of aliphatic hydroxyl groups excluding tert-OH is 4. The van der Waals surface area contributed by atoms with Crippen molar-refractivity contribution in [2.45, 2.75) is 36.9 Å². The fourth-order valence-electron chi connectivity index (χ4n) is 4.20. The van der Waals surface area contributed by atoms with Gasteiger partial charge in [0.1, 0.15) is 42.9 Å². The Morgan fingerprint density at radius 1 is 1.16 bits per heavy atom. The number of hydrogen-bond acceptors (Lipinski definition) is 8. The Morgan fingerprint density at radius 2 is 1.94 bits per heavy atom. The van der Waals surface area contributed by atoms with Crippen molar-refractivity contribution in [3.05, 3.63) is 57.6 Å². The zero-order chi connectivity index (χ0) is 23.0. The van der Waals surface area contributed by atoms with Gasteiger partial charge in [0.2, 0.25) is 5.91 Å². The number of halogens is 1. The van der Waals surface area contributed by atoms with Gasteiger partial charge >= 0.3 is 0 Å². The molecule has 1 saturated heterocycles. The van der Waals surface area contributed by atoms with Gasteiger partial charge in [-0.2, -0.15) is 0 Å². The number of rotatable bonds is 5. The summed E-state index contributed by atoms with van der Waals surface area (Å²) in [5, 5.41) is 43.8. The molecule has 0 radical (unpaired) electrons. The summed E-state index contributed by atoms with van der Waals surface area (Å²) in [5.41, 5.74) is 8.09. The molecule has 9 nitrogen and oxygen atoms in total. The first-order valence-corrected chi connectivity index (χ1v) is 10.6. The van der Waals surface area contributed by atoms with Gasteiger partial charge in [0.05, 0.1) is 17.9 Å². The number of anilines is 1. The summed E-state index contributed by atoms with van der Waals surface area (Å²) in [6.45, 7) is 0.666. The molecular weight excluding hydrogens is 440 g/mol. The Balaban J connectivity index is 1.74. The molecule has 4 rings (SSSR count). The number of nitrogens with two attached hydrogens (primary N) is 1. The summed E-state index contributed by atoms with van der Waals surface area (Å²) < 4.78 is 11.2. The molecule has 7 N–H and O–H groups in total. The molecule has 172 valence electrons. The van der Waals surface area contributed by atoms with Crippen molar-refractivity contribution in [2.75, 3.05) is 25.1 Å². The second-order valence-electron chi connectivity index (χ2n) is 7.89. The number of fused-ring (bicyclic) bond motifs is 1. The number of amides is 1. The first-order chi connectivity index (χ1) is 15.3. The van der Waals surface area contributed by atoms with Crippen molar-refractivity contribution < 1.29 is 34.7 Å². The molecule has 5 atom stereocenters. The number of primary amides is 1. The van der Waals surface area contributed by atoms with E-state index in [1.165, 1.54) is 6.07 Å². The highest BCUT2D eigenvalue weighted by atomic mass is 35.5. The molecule has 2 aliphatic heterocycles. The lowest BCUT2D eigenvalue weighted by atomic mass is 9.86. The predicted octanol–water partition coefficient (Wildman–Crippen LogP) is 0.349. The van der Waals surface area contributed by atoms with Crippen molar-refractivity contribution in [1.29, 1.82) is 0 Å². The molecule has 0 aliphatic carbocycles. The third-order valence-electron chi connectivity index (χ3n) is 5.83. The topological polar surface area (TPSA) is 154 Å². The normalized spacial score (nSPS) is 27.2. The van der Waals surface area contributed by atoms with E-state index in [9.17, 15) is 25.2 Å². The highest BCUT2D eigenvalue weighted by Crippen LogP contribution is 2.38. The number of nitrogens with one attached hydrogen (secondary N) is 1. The molecule has 2 aromatic carbocycles. The molecule has 1 amide bonds. The molecule has 0 unspecified atom stereocenters. The first-order valence-electron chi connectivity index (χ1n) is 10.2. The lowest BCUT2D eigenvalue weighted by Gasteiger charge is -2.40. The van der Waals surface area contributed by atoms with E-state index in [1.54, 1.807) is 6.07 Å². The minimum absolute atomic E-state index is 0.0590. The van der Waals surface area contributed by atoms with Crippen LogP contribution in [0.2, 0.25) is 5.02 Å². The van der Waals surface area contributed by atoms with Gasteiger partial charge < -0.3 is 41.0 Å². The van der Waals surface area contributed by atoms with Gasteiger partial charge in [-0.05, 0) is 41.3 Å². The monoisotopic (exact) mass is 464 g/mol. The summed E-state index contributed by atoms with van der Waals surface area (Å²) in [4.78, 5) is 12.5. The average Bonchev–Trinajstić information content (AvgIpc) is 2.79. The van der Waals surface area contributed by atoms with Crippen molar-refractivity contribution in [3.63, 3.8) is 0 Å². The molecule has 1 fully saturated rings. The highest BCUT2D eigenvalue weighted by molar-refractivity contribution is 6.32. The third-order valence-corrected chi connectivity index (χ3v) is 6.19. The maximum atomic E-state index is 12.5. The lowest BCUT2D eigenvalue weighted by Crippen LogP contribution is -2.55. The Bertz CT molecular complexity index is 1020. The maximum absolute atomic E-state index is 12.5. The van der Waals surface area contributed by atoms with Gasteiger partial charge in [-0.25, -0.2) is 0 Å². The van der Waals surface area contributed by atoms with Gasteiger partial charge in [0.15, 0.2) is 0 Å². The van der Waals surface area contributed by atoms with Crippen molar-refractivity contribution in [2.24, 2.45) is 5.73 Å².